The van der Waals surface area contributed by atoms with Crippen molar-refractivity contribution in [2.24, 2.45) is 0 Å². The number of nitrogens with zero attached hydrogens (tertiary/aromatic N) is 4. The average Bonchev–Trinajstić information content (AvgIpc) is 3.08. The van der Waals surface area contributed by atoms with Gasteiger partial charge in [0.25, 0.3) is 0 Å². The van der Waals surface area contributed by atoms with Gasteiger partial charge < -0.3 is 9.30 Å². The van der Waals surface area contributed by atoms with E-state index in [0.29, 0.717) is 18.2 Å². The van der Waals surface area contributed by atoms with Crippen LogP contribution in [0.4, 0.5) is 0 Å². The third-order valence-corrected chi connectivity index (χ3v) is 4.90. The molecule has 6 nitrogen and oxygen atoms in total. The lowest BCUT2D eigenvalue weighted by atomic mass is 10.2. The SMILES string of the molecule is CCn1c2ccccc2c2nnc(S[C@@H]3CCOC3=O)nc21. The predicted molar refractivity (Wildman–Crippen MR) is 83.7 cm³/mol. The summed E-state index contributed by atoms with van der Waals surface area (Å²) >= 11 is 1.33. The number of fused-ring (bicyclic) bond motifs is 3. The Kier molecular flexibility index (Phi) is 3.22. The Morgan fingerprint density at radius 1 is 1.36 bits per heavy atom. The van der Waals surface area contributed by atoms with Crippen LogP contribution in [0.5, 0.6) is 0 Å². The summed E-state index contributed by atoms with van der Waals surface area (Å²) in [7, 11) is 0. The maximum Gasteiger partial charge on any atom is 0.319 e. The molecule has 112 valence electrons. The second-order valence-corrected chi connectivity index (χ2v) is 6.26. The van der Waals surface area contributed by atoms with E-state index in [1.807, 2.05) is 18.2 Å². The van der Waals surface area contributed by atoms with Crippen LogP contribution in [0.1, 0.15) is 13.3 Å². The number of carbonyl (C=O) groups is 1. The summed E-state index contributed by atoms with van der Waals surface area (Å²) in [6, 6.07) is 8.08. The van der Waals surface area contributed by atoms with E-state index >= 15 is 0 Å². The molecule has 0 N–H and O–H groups in total. The van der Waals surface area contributed by atoms with Crippen molar-refractivity contribution < 1.29 is 9.53 Å². The molecule has 2 aromatic heterocycles. The third-order valence-electron chi connectivity index (χ3n) is 3.81. The summed E-state index contributed by atoms with van der Waals surface area (Å²) in [5, 5.41) is 9.87. The van der Waals surface area contributed by atoms with Crippen LogP contribution in [-0.2, 0) is 16.1 Å². The number of carbonyl (C=O) groups excluding carboxylic acids is 1. The van der Waals surface area contributed by atoms with E-state index in [1.165, 1.54) is 11.8 Å². The fourth-order valence-corrected chi connectivity index (χ4v) is 3.63. The van der Waals surface area contributed by atoms with Crippen molar-refractivity contribution in [1.29, 1.82) is 0 Å². The lowest BCUT2D eigenvalue weighted by molar-refractivity contribution is -0.137. The van der Waals surface area contributed by atoms with Gasteiger partial charge in [0.2, 0.25) is 5.16 Å². The van der Waals surface area contributed by atoms with Crippen LogP contribution in [0, 0.1) is 0 Å². The number of benzene rings is 1. The van der Waals surface area contributed by atoms with E-state index < -0.39 is 0 Å². The number of aromatic nitrogens is 4. The number of hydrogen-bond acceptors (Lipinski definition) is 6. The van der Waals surface area contributed by atoms with Gasteiger partial charge in [0, 0.05) is 18.4 Å². The molecule has 0 spiro atoms. The first-order chi connectivity index (χ1) is 10.8. The van der Waals surface area contributed by atoms with Crippen molar-refractivity contribution in [2.75, 3.05) is 6.61 Å². The first-order valence-corrected chi connectivity index (χ1v) is 8.11. The number of thioether (sulfide) groups is 1. The Balaban J connectivity index is 1.83. The summed E-state index contributed by atoms with van der Waals surface area (Å²) in [4.78, 5) is 16.2. The van der Waals surface area contributed by atoms with Crippen LogP contribution < -0.4 is 0 Å². The third kappa shape index (κ3) is 2.04. The van der Waals surface area contributed by atoms with E-state index in [1.54, 1.807) is 0 Å². The number of rotatable bonds is 3. The molecule has 0 saturated carbocycles. The fourth-order valence-electron chi connectivity index (χ4n) is 2.77. The van der Waals surface area contributed by atoms with Crippen LogP contribution in [0.2, 0.25) is 0 Å². The van der Waals surface area contributed by atoms with Crippen molar-refractivity contribution >= 4 is 39.8 Å². The van der Waals surface area contributed by atoms with Crippen molar-refractivity contribution in [3.63, 3.8) is 0 Å². The van der Waals surface area contributed by atoms with Gasteiger partial charge in [0.1, 0.15) is 10.8 Å². The van der Waals surface area contributed by atoms with E-state index in [0.717, 1.165) is 28.6 Å². The van der Waals surface area contributed by atoms with Gasteiger partial charge in [-0.05, 0) is 13.0 Å². The molecule has 7 heteroatoms. The van der Waals surface area contributed by atoms with E-state index in [-0.39, 0.29) is 11.2 Å². The molecule has 3 heterocycles. The number of aryl methyl sites for hydroxylation is 1. The van der Waals surface area contributed by atoms with Gasteiger partial charge in [0.05, 0.1) is 12.1 Å². The summed E-state index contributed by atoms with van der Waals surface area (Å²) in [5.74, 6) is -0.190. The van der Waals surface area contributed by atoms with Gasteiger partial charge in [-0.15, -0.1) is 10.2 Å². The standard InChI is InChI=1S/C15H14N4O2S/c1-2-19-10-6-4-3-5-9(10)12-13(19)16-15(18-17-12)22-11-7-8-21-14(11)20/h3-6,11H,2,7-8H2,1H3/t11-/m1/s1. The largest absolute Gasteiger partial charge is 0.465 e. The number of esters is 1. The molecule has 0 unspecified atom stereocenters. The first kappa shape index (κ1) is 13.5. The molecule has 0 amide bonds. The molecule has 1 aromatic carbocycles. The van der Waals surface area contributed by atoms with E-state index in [4.69, 9.17) is 4.74 Å². The minimum atomic E-state index is -0.223. The van der Waals surface area contributed by atoms with Crippen molar-refractivity contribution in [3.8, 4) is 0 Å². The maximum absolute atomic E-state index is 11.6. The van der Waals surface area contributed by atoms with Gasteiger partial charge >= 0.3 is 5.97 Å². The molecular weight excluding hydrogens is 300 g/mol. The molecule has 0 radical (unpaired) electrons. The zero-order chi connectivity index (χ0) is 15.1. The number of para-hydroxylation sites is 1. The topological polar surface area (TPSA) is 69.9 Å². The van der Waals surface area contributed by atoms with E-state index in [9.17, 15) is 4.79 Å². The fraction of sp³-hybridized carbons (Fsp3) is 0.333. The molecule has 0 aliphatic carbocycles. The van der Waals surface area contributed by atoms with Gasteiger partial charge in [-0.2, -0.15) is 0 Å². The quantitative estimate of drug-likeness (QED) is 0.691. The molecule has 0 bridgehead atoms. The Bertz CT molecular complexity index is 876. The maximum atomic E-state index is 11.6. The first-order valence-electron chi connectivity index (χ1n) is 7.23. The summed E-state index contributed by atoms with van der Waals surface area (Å²) in [6.07, 6.45) is 0.696. The van der Waals surface area contributed by atoms with Crippen LogP contribution in [0.3, 0.4) is 0 Å². The Labute approximate surface area is 130 Å². The predicted octanol–water partition coefficient (Wildman–Crippen LogP) is 2.41. The molecule has 3 aromatic rings. The number of hydrogen-bond donors (Lipinski definition) is 0. The highest BCUT2D eigenvalue weighted by Crippen LogP contribution is 2.30. The van der Waals surface area contributed by atoms with Crippen LogP contribution in [0.15, 0.2) is 29.4 Å². The smallest absolute Gasteiger partial charge is 0.319 e. The van der Waals surface area contributed by atoms with Crippen LogP contribution >= 0.6 is 11.8 Å². The molecular formula is C15H14N4O2S. The van der Waals surface area contributed by atoms with Crippen molar-refractivity contribution in [2.45, 2.75) is 30.3 Å². The number of ether oxygens (including phenoxy) is 1. The van der Waals surface area contributed by atoms with Crippen molar-refractivity contribution in [1.82, 2.24) is 19.7 Å². The second-order valence-electron chi connectivity index (χ2n) is 5.09. The lowest BCUT2D eigenvalue weighted by Gasteiger charge is -2.04. The summed E-state index contributed by atoms with van der Waals surface area (Å²) < 4.78 is 7.10. The molecule has 1 fully saturated rings. The Morgan fingerprint density at radius 2 is 2.23 bits per heavy atom. The second kappa shape index (κ2) is 5.24. The summed E-state index contributed by atoms with van der Waals surface area (Å²) in [5.41, 5.74) is 2.72. The average molecular weight is 314 g/mol. The molecule has 22 heavy (non-hydrogen) atoms. The van der Waals surface area contributed by atoms with Gasteiger partial charge in [-0.3, -0.25) is 4.79 Å². The van der Waals surface area contributed by atoms with Gasteiger partial charge in [-0.1, -0.05) is 30.0 Å². The van der Waals surface area contributed by atoms with Gasteiger partial charge in [0.15, 0.2) is 5.65 Å². The highest BCUT2D eigenvalue weighted by atomic mass is 32.2. The molecule has 1 aliphatic heterocycles. The van der Waals surface area contributed by atoms with Gasteiger partial charge in [-0.25, -0.2) is 4.98 Å². The molecule has 1 aliphatic rings. The Hall–Kier alpha value is -2.15. The number of cyclic esters (lactones) is 1. The highest BCUT2D eigenvalue weighted by Gasteiger charge is 2.29. The zero-order valence-corrected chi connectivity index (χ0v) is 12.8. The molecule has 1 saturated heterocycles. The normalized spacial score (nSPS) is 18.2. The monoisotopic (exact) mass is 314 g/mol. The lowest BCUT2D eigenvalue weighted by Crippen LogP contribution is -2.10. The minimum absolute atomic E-state index is 0.190. The highest BCUT2D eigenvalue weighted by molar-refractivity contribution is 8.00. The van der Waals surface area contributed by atoms with Crippen LogP contribution in [0.25, 0.3) is 22.1 Å². The summed E-state index contributed by atoms with van der Waals surface area (Å²) in [6.45, 7) is 3.36. The molecule has 4 rings (SSSR count). The minimum Gasteiger partial charge on any atom is -0.465 e. The molecule has 1 atom stereocenters. The Morgan fingerprint density at radius 3 is 3.00 bits per heavy atom. The van der Waals surface area contributed by atoms with Crippen LogP contribution in [-0.4, -0.2) is 37.6 Å². The van der Waals surface area contributed by atoms with Crippen molar-refractivity contribution in [3.05, 3.63) is 24.3 Å². The van der Waals surface area contributed by atoms with E-state index in [2.05, 4.69) is 32.7 Å². The zero-order valence-electron chi connectivity index (χ0n) is 12.0.